The Kier molecular flexibility index (Phi) is 4.64. The van der Waals surface area contributed by atoms with Crippen LogP contribution in [0.5, 0.6) is 0 Å². The fourth-order valence-electron chi connectivity index (χ4n) is 1.78. The van der Waals surface area contributed by atoms with E-state index in [-0.39, 0.29) is 5.92 Å². The zero-order valence-electron chi connectivity index (χ0n) is 10.9. The quantitative estimate of drug-likeness (QED) is 0.759. The molecule has 5 nitrogen and oxygen atoms in total. The third kappa shape index (κ3) is 2.83. The van der Waals surface area contributed by atoms with Gasteiger partial charge in [-0.3, -0.25) is 0 Å². The second-order valence-corrected chi connectivity index (χ2v) is 4.15. The van der Waals surface area contributed by atoms with Crippen molar-refractivity contribution >= 4 is 0 Å². The molecule has 5 heteroatoms. The van der Waals surface area contributed by atoms with Gasteiger partial charge in [0.25, 0.3) is 0 Å². The molecule has 94 valence electrons. The molecular weight excluding hydrogens is 218 g/mol. The Bertz CT molecular complexity index is 382. The molecule has 0 aromatic carbocycles. The van der Waals surface area contributed by atoms with Crippen LogP contribution in [0.2, 0.25) is 0 Å². The van der Waals surface area contributed by atoms with E-state index in [0.717, 1.165) is 12.8 Å². The summed E-state index contributed by atoms with van der Waals surface area (Å²) in [5.41, 5.74) is -0.475. The Morgan fingerprint density at radius 3 is 2.59 bits per heavy atom. The van der Waals surface area contributed by atoms with Crippen molar-refractivity contribution < 1.29 is 9.26 Å². The van der Waals surface area contributed by atoms with Gasteiger partial charge in [0, 0.05) is 13.5 Å². The maximum absolute atomic E-state index is 8.74. The minimum absolute atomic E-state index is 0.122. The third-order valence-electron chi connectivity index (χ3n) is 3.11. The second kappa shape index (κ2) is 5.78. The summed E-state index contributed by atoms with van der Waals surface area (Å²) in [7, 11) is 1.65. The highest BCUT2D eigenvalue weighted by Gasteiger charge is 2.33. The van der Waals surface area contributed by atoms with Gasteiger partial charge in [-0.1, -0.05) is 19.0 Å². The summed E-state index contributed by atoms with van der Waals surface area (Å²) in [5.74, 6) is 0.950. The third-order valence-corrected chi connectivity index (χ3v) is 3.11. The molecule has 0 aliphatic heterocycles. The minimum Gasteiger partial charge on any atom is -0.370 e. The molecule has 0 bridgehead atoms. The Morgan fingerprint density at radius 2 is 2.12 bits per heavy atom. The van der Waals surface area contributed by atoms with Crippen molar-refractivity contribution in [1.29, 1.82) is 5.26 Å². The number of nitrogens with zero attached hydrogens (tertiary/aromatic N) is 3. The molecule has 17 heavy (non-hydrogen) atoms. The Hall–Kier alpha value is -1.41. The number of nitriles is 1. The molecule has 1 atom stereocenters. The van der Waals surface area contributed by atoms with E-state index in [9.17, 15) is 0 Å². The summed E-state index contributed by atoms with van der Waals surface area (Å²) in [6.45, 7) is 5.88. The van der Waals surface area contributed by atoms with E-state index in [1.165, 1.54) is 0 Å². The van der Waals surface area contributed by atoms with E-state index in [4.69, 9.17) is 14.5 Å². The average molecular weight is 237 g/mol. The lowest BCUT2D eigenvalue weighted by molar-refractivity contribution is -0.0306. The van der Waals surface area contributed by atoms with Gasteiger partial charge in [-0.15, -0.1) is 0 Å². The van der Waals surface area contributed by atoms with E-state index >= 15 is 0 Å². The highest BCUT2D eigenvalue weighted by atomic mass is 16.5. The fraction of sp³-hybridized carbons (Fsp3) is 0.750. The van der Waals surface area contributed by atoms with Crippen LogP contribution < -0.4 is 0 Å². The normalized spacial score (nSPS) is 13.4. The van der Waals surface area contributed by atoms with Crippen molar-refractivity contribution in [2.75, 3.05) is 7.11 Å². The van der Waals surface area contributed by atoms with Crippen molar-refractivity contribution in [2.24, 2.45) is 5.92 Å². The van der Waals surface area contributed by atoms with Gasteiger partial charge in [-0.2, -0.15) is 10.2 Å². The first kappa shape index (κ1) is 13.7. The lowest BCUT2D eigenvalue weighted by Gasteiger charge is -2.25. The van der Waals surface area contributed by atoms with Gasteiger partial charge in [0.1, 0.15) is 5.60 Å². The lowest BCUT2D eigenvalue weighted by atomic mass is 9.96. The van der Waals surface area contributed by atoms with Crippen molar-refractivity contribution in [3.8, 4) is 6.07 Å². The van der Waals surface area contributed by atoms with E-state index in [1.807, 2.05) is 20.8 Å². The molecule has 0 aliphatic rings. The molecule has 0 amide bonds. The summed E-state index contributed by atoms with van der Waals surface area (Å²) in [4.78, 5) is 4.33. The average Bonchev–Trinajstić information content (AvgIpc) is 2.81. The van der Waals surface area contributed by atoms with E-state index in [2.05, 4.69) is 16.2 Å². The molecule has 1 heterocycles. The van der Waals surface area contributed by atoms with Crippen LogP contribution >= 0.6 is 0 Å². The van der Waals surface area contributed by atoms with Crippen LogP contribution in [0.4, 0.5) is 0 Å². The van der Waals surface area contributed by atoms with Gasteiger partial charge < -0.3 is 9.26 Å². The standard InChI is InChI=1S/C12H19N3O2/c1-5-12(6-2,16-4)11-14-10(17-15-11)7-9(3)8-13/h9H,5-7H2,1-4H3. The Morgan fingerprint density at radius 1 is 1.47 bits per heavy atom. The molecule has 0 saturated heterocycles. The van der Waals surface area contributed by atoms with Crippen LogP contribution in [-0.4, -0.2) is 17.3 Å². The SMILES string of the molecule is CCC(CC)(OC)c1noc(CC(C)C#N)n1. The van der Waals surface area contributed by atoms with E-state index in [0.29, 0.717) is 18.1 Å². The van der Waals surface area contributed by atoms with Crippen molar-refractivity contribution in [1.82, 2.24) is 10.1 Å². The van der Waals surface area contributed by atoms with Gasteiger partial charge in [0.2, 0.25) is 11.7 Å². The van der Waals surface area contributed by atoms with Gasteiger partial charge in [0.15, 0.2) is 0 Å². The summed E-state index contributed by atoms with van der Waals surface area (Å²) in [6.07, 6.45) is 2.05. The van der Waals surface area contributed by atoms with Gasteiger partial charge in [0.05, 0.1) is 12.0 Å². The number of hydrogen-bond acceptors (Lipinski definition) is 5. The first-order chi connectivity index (χ1) is 8.11. The number of methoxy groups -OCH3 is 1. The summed E-state index contributed by atoms with van der Waals surface area (Å²) in [6, 6.07) is 2.14. The maximum Gasteiger partial charge on any atom is 0.228 e. The lowest BCUT2D eigenvalue weighted by Crippen LogP contribution is -2.28. The maximum atomic E-state index is 8.74. The summed E-state index contributed by atoms with van der Waals surface area (Å²) >= 11 is 0. The molecule has 1 unspecified atom stereocenters. The second-order valence-electron chi connectivity index (χ2n) is 4.15. The molecule has 0 spiro atoms. The van der Waals surface area contributed by atoms with Crippen LogP contribution in [0.3, 0.4) is 0 Å². The smallest absolute Gasteiger partial charge is 0.228 e. The van der Waals surface area contributed by atoms with Gasteiger partial charge in [-0.05, 0) is 19.8 Å². The molecule has 1 rings (SSSR count). The Balaban J connectivity index is 2.90. The molecule has 0 fully saturated rings. The minimum atomic E-state index is -0.475. The summed E-state index contributed by atoms with van der Waals surface area (Å²) in [5, 5.41) is 12.7. The van der Waals surface area contributed by atoms with E-state index in [1.54, 1.807) is 7.11 Å². The van der Waals surface area contributed by atoms with Crippen molar-refractivity contribution in [3.63, 3.8) is 0 Å². The zero-order chi connectivity index (χ0) is 12.9. The predicted octanol–water partition coefficient (Wildman–Crippen LogP) is 2.43. The van der Waals surface area contributed by atoms with Crippen LogP contribution in [0.25, 0.3) is 0 Å². The topological polar surface area (TPSA) is 71.9 Å². The van der Waals surface area contributed by atoms with Gasteiger partial charge in [-0.25, -0.2) is 0 Å². The summed E-state index contributed by atoms with van der Waals surface area (Å²) < 4.78 is 10.7. The van der Waals surface area contributed by atoms with Crippen LogP contribution in [0, 0.1) is 17.2 Å². The molecule has 0 radical (unpaired) electrons. The Labute approximate surface area is 102 Å². The van der Waals surface area contributed by atoms with Crippen LogP contribution in [0.15, 0.2) is 4.52 Å². The first-order valence-corrected chi connectivity index (χ1v) is 5.89. The number of hydrogen-bond donors (Lipinski definition) is 0. The highest BCUT2D eigenvalue weighted by molar-refractivity contribution is 5.02. The van der Waals surface area contributed by atoms with Gasteiger partial charge >= 0.3 is 0 Å². The highest BCUT2D eigenvalue weighted by Crippen LogP contribution is 2.30. The van der Waals surface area contributed by atoms with Crippen molar-refractivity contribution in [2.45, 2.75) is 45.6 Å². The van der Waals surface area contributed by atoms with E-state index < -0.39 is 5.60 Å². The van der Waals surface area contributed by atoms with Crippen molar-refractivity contribution in [3.05, 3.63) is 11.7 Å². The van der Waals surface area contributed by atoms with Crippen LogP contribution in [-0.2, 0) is 16.8 Å². The number of rotatable bonds is 6. The fourth-order valence-corrected chi connectivity index (χ4v) is 1.78. The first-order valence-electron chi connectivity index (χ1n) is 5.89. The van der Waals surface area contributed by atoms with Crippen LogP contribution in [0.1, 0.15) is 45.3 Å². The predicted molar refractivity (Wildman–Crippen MR) is 62.0 cm³/mol. The number of ether oxygens (including phenoxy) is 1. The monoisotopic (exact) mass is 237 g/mol. The molecule has 0 N–H and O–H groups in total. The largest absolute Gasteiger partial charge is 0.370 e. The molecule has 1 aromatic heterocycles. The molecule has 1 aromatic rings. The zero-order valence-corrected chi connectivity index (χ0v) is 10.9. The molecular formula is C12H19N3O2. The molecule has 0 saturated carbocycles. The number of aromatic nitrogens is 2. The molecule has 0 aliphatic carbocycles.